The summed E-state index contributed by atoms with van der Waals surface area (Å²) in [4.78, 5) is 22.2. The van der Waals surface area contributed by atoms with Crippen molar-refractivity contribution in [1.29, 1.82) is 0 Å². The van der Waals surface area contributed by atoms with E-state index in [1.807, 2.05) is 6.07 Å². The van der Waals surface area contributed by atoms with Gasteiger partial charge in [-0.15, -0.1) is 0 Å². The van der Waals surface area contributed by atoms with Gasteiger partial charge < -0.3 is 9.47 Å². The van der Waals surface area contributed by atoms with Gasteiger partial charge in [0, 0.05) is 31.1 Å². The lowest BCUT2D eigenvalue weighted by Crippen LogP contribution is -2.51. The molecule has 156 valence electrons. The fourth-order valence-corrected chi connectivity index (χ4v) is 5.37. The standard InChI is InChI=1S/C23H31FN4O/c1-26-12-3-2-7-21(26)23(29)27-13-10-18(11-14-27)28-20-9-8-17(24)15-19(20)25-22(28)16-5-4-6-16/h8-9,15-16,18,21H,2-7,10-14H2,1H3/t21-/m0/s1. The molecule has 6 heteroatoms. The normalized spacial score (nSPS) is 24.8. The molecule has 0 N–H and O–H groups in total. The third-order valence-electron chi connectivity index (χ3n) is 7.35. The molecule has 0 bridgehead atoms. The smallest absolute Gasteiger partial charge is 0.239 e. The van der Waals surface area contributed by atoms with Crippen LogP contribution in [0.15, 0.2) is 18.2 Å². The van der Waals surface area contributed by atoms with Gasteiger partial charge >= 0.3 is 0 Å². The number of nitrogens with zero attached hydrogens (tertiary/aromatic N) is 4. The highest BCUT2D eigenvalue weighted by molar-refractivity contribution is 5.82. The summed E-state index contributed by atoms with van der Waals surface area (Å²) in [6.45, 7) is 2.63. The Balaban J connectivity index is 1.35. The number of carbonyl (C=O) groups excluding carboxylic acids is 1. The number of likely N-dealkylation sites (N-methyl/N-ethyl adjacent to an activating group) is 1. The van der Waals surface area contributed by atoms with Gasteiger partial charge in [0.15, 0.2) is 0 Å². The first-order valence-corrected chi connectivity index (χ1v) is 11.3. The zero-order valence-electron chi connectivity index (χ0n) is 17.3. The van der Waals surface area contributed by atoms with E-state index in [2.05, 4.69) is 21.4 Å². The van der Waals surface area contributed by atoms with Crippen LogP contribution in [0.2, 0.25) is 0 Å². The molecule has 2 aliphatic heterocycles. The summed E-state index contributed by atoms with van der Waals surface area (Å²) in [5.41, 5.74) is 1.82. The lowest BCUT2D eigenvalue weighted by molar-refractivity contribution is -0.139. The van der Waals surface area contributed by atoms with Crippen molar-refractivity contribution in [3.8, 4) is 0 Å². The summed E-state index contributed by atoms with van der Waals surface area (Å²) in [5, 5.41) is 0. The molecule has 1 amide bonds. The number of hydrogen-bond donors (Lipinski definition) is 0. The van der Waals surface area contributed by atoms with Gasteiger partial charge in [-0.3, -0.25) is 9.69 Å². The van der Waals surface area contributed by atoms with Crippen LogP contribution in [0.1, 0.15) is 69.2 Å². The van der Waals surface area contributed by atoms with Crippen LogP contribution in [0, 0.1) is 5.82 Å². The van der Waals surface area contributed by atoms with E-state index in [4.69, 9.17) is 4.98 Å². The molecule has 5 nitrogen and oxygen atoms in total. The van der Waals surface area contributed by atoms with Crippen molar-refractivity contribution < 1.29 is 9.18 Å². The largest absolute Gasteiger partial charge is 0.341 e. The quantitative estimate of drug-likeness (QED) is 0.782. The van der Waals surface area contributed by atoms with Gasteiger partial charge in [-0.1, -0.05) is 12.8 Å². The van der Waals surface area contributed by atoms with Crippen molar-refractivity contribution in [1.82, 2.24) is 19.4 Å². The molecule has 29 heavy (non-hydrogen) atoms. The van der Waals surface area contributed by atoms with Crippen molar-refractivity contribution in [2.45, 2.75) is 69.4 Å². The second-order valence-electron chi connectivity index (χ2n) is 9.15. The fourth-order valence-electron chi connectivity index (χ4n) is 5.37. The minimum absolute atomic E-state index is 0.0582. The number of halogens is 1. The van der Waals surface area contributed by atoms with E-state index in [1.165, 1.54) is 25.7 Å². The molecule has 5 rings (SSSR count). The van der Waals surface area contributed by atoms with Gasteiger partial charge in [-0.2, -0.15) is 0 Å². The molecular formula is C23H31FN4O. The first-order chi connectivity index (χ1) is 14.1. The fraction of sp³-hybridized carbons (Fsp3) is 0.652. The maximum Gasteiger partial charge on any atom is 0.239 e. The molecule has 3 aliphatic rings. The minimum Gasteiger partial charge on any atom is -0.341 e. The van der Waals surface area contributed by atoms with Crippen molar-refractivity contribution in [2.24, 2.45) is 0 Å². The Morgan fingerprint density at radius 3 is 2.52 bits per heavy atom. The zero-order chi connectivity index (χ0) is 20.0. The SMILES string of the molecule is CN1CCCC[C@H]1C(=O)N1CCC(n2c(C3CCC3)nc3cc(F)ccc32)CC1. The van der Waals surface area contributed by atoms with Crippen molar-refractivity contribution in [3.05, 3.63) is 29.8 Å². The number of amides is 1. The first kappa shape index (κ1) is 19.0. The van der Waals surface area contributed by atoms with Gasteiger partial charge in [0.05, 0.1) is 17.1 Å². The van der Waals surface area contributed by atoms with Crippen LogP contribution in [0.4, 0.5) is 4.39 Å². The number of aromatic nitrogens is 2. The monoisotopic (exact) mass is 398 g/mol. The molecule has 2 aromatic rings. The molecule has 1 aromatic heterocycles. The lowest BCUT2D eigenvalue weighted by Gasteiger charge is -2.39. The van der Waals surface area contributed by atoms with E-state index in [0.717, 1.165) is 62.2 Å². The highest BCUT2D eigenvalue weighted by Crippen LogP contribution is 2.40. The molecule has 1 atom stereocenters. The number of hydrogen-bond acceptors (Lipinski definition) is 3. The number of benzene rings is 1. The maximum atomic E-state index is 13.8. The summed E-state index contributed by atoms with van der Waals surface area (Å²) < 4.78 is 16.1. The second-order valence-corrected chi connectivity index (χ2v) is 9.15. The third kappa shape index (κ3) is 3.45. The molecule has 0 unspecified atom stereocenters. The molecule has 3 heterocycles. The van der Waals surface area contributed by atoms with Crippen LogP contribution in [-0.2, 0) is 4.79 Å². The third-order valence-corrected chi connectivity index (χ3v) is 7.35. The van der Waals surface area contributed by atoms with Crippen LogP contribution in [0.3, 0.4) is 0 Å². The number of imidazole rings is 1. The number of carbonyl (C=O) groups is 1. The Morgan fingerprint density at radius 2 is 1.83 bits per heavy atom. The molecule has 1 aromatic carbocycles. The van der Waals surface area contributed by atoms with Crippen molar-refractivity contribution >= 4 is 16.9 Å². The zero-order valence-corrected chi connectivity index (χ0v) is 17.3. The predicted molar refractivity (Wildman–Crippen MR) is 111 cm³/mol. The lowest BCUT2D eigenvalue weighted by atomic mass is 9.84. The Labute approximate surface area is 171 Å². The molecule has 1 aliphatic carbocycles. The number of piperidine rings is 2. The number of fused-ring (bicyclic) bond motifs is 1. The van der Waals surface area contributed by atoms with E-state index in [1.54, 1.807) is 12.1 Å². The molecular weight excluding hydrogens is 367 g/mol. The highest BCUT2D eigenvalue weighted by Gasteiger charge is 2.34. The Bertz CT molecular complexity index is 898. The molecule has 0 spiro atoms. The van der Waals surface area contributed by atoms with Crippen LogP contribution >= 0.6 is 0 Å². The van der Waals surface area contributed by atoms with Gasteiger partial charge in [-0.25, -0.2) is 9.37 Å². The van der Waals surface area contributed by atoms with E-state index >= 15 is 0 Å². The average molecular weight is 399 g/mol. The molecule has 3 fully saturated rings. The van der Waals surface area contributed by atoms with Crippen LogP contribution in [0.25, 0.3) is 11.0 Å². The van der Waals surface area contributed by atoms with Gasteiger partial charge in [0.2, 0.25) is 5.91 Å². The predicted octanol–water partition coefficient (Wildman–Crippen LogP) is 4.09. The summed E-state index contributed by atoms with van der Waals surface area (Å²) in [6, 6.07) is 5.39. The van der Waals surface area contributed by atoms with Gasteiger partial charge in [0.25, 0.3) is 0 Å². The molecule has 0 radical (unpaired) electrons. The van der Waals surface area contributed by atoms with Gasteiger partial charge in [-0.05, 0) is 64.3 Å². The van der Waals surface area contributed by atoms with Crippen molar-refractivity contribution in [3.63, 3.8) is 0 Å². The number of likely N-dealkylation sites (tertiary alicyclic amines) is 2. The highest BCUT2D eigenvalue weighted by atomic mass is 19.1. The van der Waals surface area contributed by atoms with Gasteiger partial charge in [0.1, 0.15) is 11.6 Å². The Kier molecular flexibility index (Phi) is 5.06. The van der Waals surface area contributed by atoms with E-state index < -0.39 is 0 Å². The Morgan fingerprint density at radius 1 is 1.03 bits per heavy atom. The van der Waals surface area contributed by atoms with Crippen molar-refractivity contribution in [2.75, 3.05) is 26.7 Å². The van der Waals surface area contributed by atoms with Crippen LogP contribution in [-0.4, -0.2) is 58.0 Å². The molecule has 1 saturated carbocycles. The minimum atomic E-state index is -0.223. The average Bonchev–Trinajstić information content (AvgIpc) is 3.04. The number of rotatable bonds is 3. The van der Waals surface area contributed by atoms with Crippen LogP contribution in [0.5, 0.6) is 0 Å². The molecule has 2 saturated heterocycles. The van der Waals surface area contributed by atoms with E-state index in [-0.39, 0.29) is 11.9 Å². The topological polar surface area (TPSA) is 41.4 Å². The summed E-state index contributed by atoms with van der Waals surface area (Å²) in [6.07, 6.45) is 8.84. The first-order valence-electron chi connectivity index (χ1n) is 11.3. The summed E-state index contributed by atoms with van der Waals surface area (Å²) >= 11 is 0. The Hall–Kier alpha value is -1.95. The van der Waals surface area contributed by atoms with E-state index in [9.17, 15) is 9.18 Å². The summed E-state index contributed by atoms with van der Waals surface area (Å²) in [7, 11) is 2.08. The van der Waals surface area contributed by atoms with E-state index in [0.29, 0.717) is 17.9 Å². The summed E-state index contributed by atoms with van der Waals surface area (Å²) in [5.74, 6) is 1.72. The second kappa shape index (κ2) is 7.71. The maximum absolute atomic E-state index is 13.8. The van der Waals surface area contributed by atoms with Crippen LogP contribution < -0.4 is 0 Å².